The average Bonchev–Trinajstić information content (AvgIpc) is 3.13. The van der Waals surface area contributed by atoms with E-state index in [1.807, 2.05) is 38.1 Å². The molecule has 0 saturated heterocycles. The summed E-state index contributed by atoms with van der Waals surface area (Å²) in [5.74, 6) is -0.611. The fraction of sp³-hybridized carbons (Fsp3) is 0.235. The van der Waals surface area contributed by atoms with Gasteiger partial charge < -0.3 is 10.2 Å². The third-order valence-corrected chi connectivity index (χ3v) is 3.10. The Labute approximate surface area is 158 Å². The maximum Gasteiger partial charge on any atom is 0.335 e. The molecular weight excluding hydrogens is 378 g/mol. The molecule has 2 N–H and O–H groups in total. The molecule has 3 rings (SSSR count). The Kier molecular flexibility index (Phi) is 9.45. The van der Waals surface area contributed by atoms with Crippen LogP contribution in [0, 0.1) is 6.92 Å². The summed E-state index contributed by atoms with van der Waals surface area (Å²) in [4.78, 5) is 4.11. The summed E-state index contributed by atoms with van der Waals surface area (Å²) in [7, 11) is 0. The van der Waals surface area contributed by atoms with Crippen LogP contribution in [0.25, 0.3) is 11.5 Å². The molecule has 2 heterocycles. The van der Waals surface area contributed by atoms with Gasteiger partial charge in [0.15, 0.2) is 0 Å². The zero-order valence-electron chi connectivity index (χ0n) is 14.6. The Morgan fingerprint density at radius 3 is 2.30 bits per heavy atom. The van der Waals surface area contributed by atoms with Crippen LogP contribution in [-0.4, -0.2) is 23.6 Å². The zero-order chi connectivity index (χ0) is 20.2. The van der Waals surface area contributed by atoms with E-state index in [9.17, 15) is 8.78 Å². The van der Waals surface area contributed by atoms with Crippen molar-refractivity contribution in [3.63, 3.8) is 0 Å². The predicted molar refractivity (Wildman–Crippen MR) is 96.4 cm³/mol. The Hall–Kier alpha value is -3.01. The number of aryl methyl sites for hydroxylation is 2. The summed E-state index contributed by atoms with van der Waals surface area (Å²) >= 11 is -0.750. The van der Waals surface area contributed by atoms with E-state index in [-0.39, 0.29) is 5.89 Å². The second-order valence-corrected chi connectivity index (χ2v) is 5.26. The Bertz CT molecular complexity index is 849. The van der Waals surface area contributed by atoms with Crippen molar-refractivity contribution in [1.82, 2.24) is 15.2 Å². The predicted octanol–water partition coefficient (Wildman–Crippen LogP) is 3.54. The first-order valence-corrected chi connectivity index (χ1v) is 8.38. The van der Waals surface area contributed by atoms with E-state index < -0.39 is 23.9 Å². The van der Waals surface area contributed by atoms with E-state index in [0.717, 1.165) is 17.8 Å². The maximum atomic E-state index is 12.2. The Morgan fingerprint density at radius 1 is 1.19 bits per heavy atom. The van der Waals surface area contributed by atoms with Crippen molar-refractivity contribution in [3.8, 4) is 11.5 Å². The van der Waals surface area contributed by atoms with Gasteiger partial charge in [0.25, 0.3) is 5.89 Å². The molecule has 10 heteroatoms. The highest BCUT2D eigenvalue weighted by Gasteiger charge is 2.16. The van der Waals surface area contributed by atoms with Gasteiger partial charge in [0, 0.05) is 17.6 Å². The van der Waals surface area contributed by atoms with Crippen LogP contribution in [0.15, 0.2) is 47.0 Å². The average molecular weight is 396 g/mol. The molecule has 0 radical (unpaired) electrons. The number of nitrogens with zero attached hydrogens (tertiary/aromatic N) is 3. The van der Waals surface area contributed by atoms with Gasteiger partial charge in [-0.15, -0.1) is 10.2 Å². The number of hydrogen-bond acceptors (Lipinski definition) is 7. The molecule has 7 nitrogen and oxygen atoms in total. The van der Waals surface area contributed by atoms with Crippen molar-refractivity contribution >= 4 is 17.3 Å². The van der Waals surface area contributed by atoms with E-state index in [1.165, 1.54) is 11.8 Å². The first-order valence-electron chi connectivity index (χ1n) is 7.72. The van der Waals surface area contributed by atoms with Crippen molar-refractivity contribution in [2.24, 2.45) is 0 Å². The largest absolute Gasteiger partial charge is 0.415 e. The van der Waals surface area contributed by atoms with E-state index in [4.69, 9.17) is 18.6 Å². The van der Waals surface area contributed by atoms with E-state index in [2.05, 4.69) is 15.2 Å². The van der Waals surface area contributed by atoms with Crippen LogP contribution in [0.4, 0.5) is 14.5 Å². The smallest absolute Gasteiger partial charge is 0.335 e. The maximum absolute atomic E-state index is 12.2. The Morgan fingerprint density at radius 2 is 1.89 bits per heavy atom. The number of nitrogens with two attached hydrogens (primary N) is 1. The van der Waals surface area contributed by atoms with Gasteiger partial charge in [0.2, 0.25) is 5.89 Å². The molecule has 0 aliphatic rings. The SMILES string of the molecule is CCc1ccc(-c2nnc(C(F)F)o2)cn1.Cc1cccc(N)c1.O=S=O. The number of hydrogen-bond donors (Lipinski definition) is 1. The molecule has 0 unspecified atom stereocenters. The number of nitrogen functional groups attached to an aromatic ring is 1. The van der Waals surface area contributed by atoms with Crippen molar-refractivity contribution in [2.45, 2.75) is 26.7 Å². The van der Waals surface area contributed by atoms with Gasteiger partial charge >= 0.3 is 18.0 Å². The number of anilines is 1. The second-order valence-electron chi connectivity index (χ2n) is 5.12. The number of aromatic nitrogens is 3. The molecule has 144 valence electrons. The molecule has 27 heavy (non-hydrogen) atoms. The summed E-state index contributed by atoms with van der Waals surface area (Å²) in [6.07, 6.45) is -0.405. The first kappa shape index (κ1) is 22.0. The molecule has 0 spiro atoms. The summed E-state index contributed by atoms with van der Waals surface area (Å²) in [6.45, 7) is 4.00. The minimum absolute atomic E-state index is 0.0606. The highest BCUT2D eigenvalue weighted by Crippen LogP contribution is 2.22. The molecule has 1 aromatic carbocycles. The Balaban J connectivity index is 0.000000277. The minimum atomic E-state index is -2.75. The van der Waals surface area contributed by atoms with Gasteiger partial charge in [-0.1, -0.05) is 19.1 Å². The molecule has 0 amide bonds. The van der Waals surface area contributed by atoms with Crippen LogP contribution in [-0.2, 0) is 18.0 Å². The van der Waals surface area contributed by atoms with Gasteiger partial charge in [-0.25, -0.2) is 0 Å². The van der Waals surface area contributed by atoms with E-state index >= 15 is 0 Å². The van der Waals surface area contributed by atoms with Gasteiger partial charge in [0.05, 0.1) is 5.56 Å². The molecule has 0 fully saturated rings. The standard InChI is InChI=1S/C10H9F2N3O.C7H9N.O2S/c1-2-7-4-3-6(5-13-7)9-14-15-10(16-9)8(11)12;1-6-3-2-4-7(8)5-6;1-3-2/h3-5,8H,2H2,1H3;2-5H,8H2,1H3;. The monoisotopic (exact) mass is 396 g/mol. The molecule has 0 aliphatic carbocycles. The lowest BCUT2D eigenvalue weighted by molar-refractivity contribution is 0.116. The van der Waals surface area contributed by atoms with Crippen LogP contribution < -0.4 is 5.73 Å². The first-order chi connectivity index (χ1) is 12.9. The number of rotatable bonds is 3. The number of benzene rings is 1. The molecule has 3 aromatic rings. The van der Waals surface area contributed by atoms with Crippen LogP contribution in [0.5, 0.6) is 0 Å². The van der Waals surface area contributed by atoms with E-state index in [1.54, 1.807) is 12.1 Å². The van der Waals surface area contributed by atoms with Crippen molar-refractivity contribution in [2.75, 3.05) is 5.73 Å². The van der Waals surface area contributed by atoms with Crippen LogP contribution >= 0.6 is 0 Å². The third kappa shape index (κ3) is 7.82. The summed E-state index contributed by atoms with van der Waals surface area (Å²) in [5.41, 5.74) is 8.96. The summed E-state index contributed by atoms with van der Waals surface area (Å²) in [6, 6.07) is 11.3. The minimum Gasteiger partial charge on any atom is -0.415 e. The number of pyridine rings is 1. The summed E-state index contributed by atoms with van der Waals surface area (Å²) < 4.78 is 45.8. The quantitative estimate of drug-likeness (QED) is 0.674. The molecular formula is C17H18F2N4O3S. The normalized spacial score (nSPS) is 9.67. The van der Waals surface area contributed by atoms with Gasteiger partial charge in [-0.05, 0) is 43.2 Å². The lowest BCUT2D eigenvalue weighted by atomic mass is 10.2. The number of halogens is 2. The van der Waals surface area contributed by atoms with Crippen LogP contribution in [0.3, 0.4) is 0 Å². The van der Waals surface area contributed by atoms with Crippen molar-refractivity contribution < 1.29 is 21.6 Å². The van der Waals surface area contributed by atoms with Gasteiger partial charge in [-0.3, -0.25) is 4.98 Å². The topological polar surface area (TPSA) is 112 Å². The second kappa shape index (κ2) is 11.6. The fourth-order valence-electron chi connectivity index (χ4n) is 1.87. The zero-order valence-corrected chi connectivity index (χ0v) is 15.5. The third-order valence-electron chi connectivity index (χ3n) is 3.10. The lowest BCUT2D eigenvalue weighted by Crippen LogP contribution is -1.86. The number of alkyl halides is 2. The van der Waals surface area contributed by atoms with Crippen molar-refractivity contribution in [1.29, 1.82) is 0 Å². The molecule has 0 atom stereocenters. The fourth-order valence-corrected chi connectivity index (χ4v) is 1.87. The van der Waals surface area contributed by atoms with E-state index in [0.29, 0.717) is 5.56 Å². The molecule has 2 aromatic heterocycles. The highest BCUT2D eigenvalue weighted by atomic mass is 32.1. The van der Waals surface area contributed by atoms with Crippen LogP contribution in [0.2, 0.25) is 0 Å². The molecule has 0 bridgehead atoms. The van der Waals surface area contributed by atoms with Crippen molar-refractivity contribution in [3.05, 3.63) is 59.7 Å². The molecule has 0 saturated carbocycles. The van der Waals surface area contributed by atoms with Gasteiger partial charge in [0.1, 0.15) is 0 Å². The van der Waals surface area contributed by atoms with Crippen LogP contribution in [0.1, 0.15) is 30.5 Å². The lowest BCUT2D eigenvalue weighted by Gasteiger charge is -1.96. The summed E-state index contributed by atoms with van der Waals surface area (Å²) in [5, 5.41) is 6.77. The highest BCUT2D eigenvalue weighted by molar-refractivity contribution is 7.51. The molecule has 0 aliphatic heterocycles. The van der Waals surface area contributed by atoms with Gasteiger partial charge in [-0.2, -0.15) is 17.2 Å².